The highest BCUT2D eigenvalue weighted by Gasteiger charge is 2.22. The van der Waals surface area contributed by atoms with Crippen LogP contribution in [0.25, 0.3) is 0 Å². The van der Waals surface area contributed by atoms with Crippen LogP contribution in [-0.2, 0) is 4.79 Å². The zero-order chi connectivity index (χ0) is 10.6. The molecule has 1 atom stereocenters. The lowest BCUT2D eigenvalue weighted by Crippen LogP contribution is -2.39. The van der Waals surface area contributed by atoms with Gasteiger partial charge in [0.15, 0.2) is 0 Å². The first-order chi connectivity index (χ1) is 6.59. The zero-order valence-electron chi connectivity index (χ0n) is 9.55. The van der Waals surface area contributed by atoms with Crippen molar-refractivity contribution in [3.63, 3.8) is 0 Å². The summed E-state index contributed by atoms with van der Waals surface area (Å²) in [5.41, 5.74) is 0. The van der Waals surface area contributed by atoms with Crippen LogP contribution in [0, 0.1) is 11.8 Å². The Morgan fingerprint density at radius 2 is 2.29 bits per heavy atom. The predicted octanol–water partition coefficient (Wildman–Crippen LogP) is 1.10. The summed E-state index contributed by atoms with van der Waals surface area (Å²) in [6, 6.07) is 0. The second kappa shape index (κ2) is 5.35. The Morgan fingerprint density at radius 3 is 2.86 bits per heavy atom. The maximum Gasteiger partial charge on any atom is 0.222 e. The molecule has 1 fully saturated rings. The van der Waals surface area contributed by atoms with Crippen molar-refractivity contribution < 1.29 is 4.79 Å². The van der Waals surface area contributed by atoms with Gasteiger partial charge in [-0.3, -0.25) is 4.79 Å². The van der Waals surface area contributed by atoms with E-state index in [1.165, 1.54) is 0 Å². The summed E-state index contributed by atoms with van der Waals surface area (Å²) in [4.78, 5) is 13.2. The summed E-state index contributed by atoms with van der Waals surface area (Å²) in [5, 5.41) is 3.42. The maximum atomic E-state index is 11.4. The number of hydrogen-bond acceptors (Lipinski definition) is 2. The van der Waals surface area contributed by atoms with Gasteiger partial charge in [0.2, 0.25) is 5.91 Å². The third-order valence-corrected chi connectivity index (χ3v) is 2.75. The molecule has 0 bridgehead atoms. The van der Waals surface area contributed by atoms with E-state index in [4.69, 9.17) is 0 Å². The smallest absolute Gasteiger partial charge is 0.222 e. The average molecular weight is 198 g/mol. The minimum atomic E-state index is 0.299. The van der Waals surface area contributed by atoms with Crippen molar-refractivity contribution >= 4 is 5.91 Å². The van der Waals surface area contributed by atoms with Crippen LogP contribution in [0.3, 0.4) is 0 Å². The van der Waals surface area contributed by atoms with E-state index in [1.807, 2.05) is 11.9 Å². The molecular formula is C11H22N2O. The first-order valence-electron chi connectivity index (χ1n) is 5.54. The van der Waals surface area contributed by atoms with Crippen LogP contribution in [-0.4, -0.2) is 37.5 Å². The monoisotopic (exact) mass is 198 g/mol. The van der Waals surface area contributed by atoms with E-state index >= 15 is 0 Å². The molecule has 0 spiro atoms. The molecule has 3 nitrogen and oxygen atoms in total. The molecule has 0 aromatic heterocycles. The standard InChI is InChI=1S/C11H22N2O/c1-9(2)7-12-8-10-4-5-13(3)11(14)6-10/h9-10,12H,4-8H2,1-3H3/t10-/m1/s1. The van der Waals surface area contributed by atoms with Crippen molar-refractivity contribution in [2.45, 2.75) is 26.7 Å². The second-order valence-electron chi connectivity index (χ2n) is 4.73. The summed E-state index contributed by atoms with van der Waals surface area (Å²) in [5.74, 6) is 1.54. The van der Waals surface area contributed by atoms with Crippen LogP contribution < -0.4 is 5.32 Å². The lowest BCUT2D eigenvalue weighted by atomic mass is 9.96. The number of nitrogens with zero attached hydrogens (tertiary/aromatic N) is 1. The number of carbonyl (C=O) groups is 1. The van der Waals surface area contributed by atoms with Gasteiger partial charge in [0.25, 0.3) is 0 Å². The molecule has 0 saturated carbocycles. The van der Waals surface area contributed by atoms with Gasteiger partial charge in [0.1, 0.15) is 0 Å². The molecule has 0 aliphatic carbocycles. The summed E-state index contributed by atoms with van der Waals surface area (Å²) in [6.45, 7) is 7.38. The van der Waals surface area contributed by atoms with Crippen molar-refractivity contribution in [3.8, 4) is 0 Å². The molecule has 1 aliphatic heterocycles. The molecular weight excluding hydrogens is 176 g/mol. The Balaban J connectivity index is 2.17. The molecule has 1 heterocycles. The number of piperidine rings is 1. The van der Waals surface area contributed by atoms with Crippen molar-refractivity contribution in [2.24, 2.45) is 11.8 Å². The van der Waals surface area contributed by atoms with Gasteiger partial charge in [-0.25, -0.2) is 0 Å². The van der Waals surface area contributed by atoms with Crippen molar-refractivity contribution in [3.05, 3.63) is 0 Å². The SMILES string of the molecule is CC(C)CNC[C@@H]1CCN(C)C(=O)C1. The van der Waals surface area contributed by atoms with Crippen LogP contribution in [0.1, 0.15) is 26.7 Å². The Hall–Kier alpha value is -0.570. The van der Waals surface area contributed by atoms with E-state index in [0.717, 1.165) is 32.5 Å². The summed E-state index contributed by atoms with van der Waals surface area (Å²) in [7, 11) is 1.89. The highest BCUT2D eigenvalue weighted by atomic mass is 16.2. The van der Waals surface area contributed by atoms with Gasteiger partial charge in [-0.2, -0.15) is 0 Å². The predicted molar refractivity (Wildman–Crippen MR) is 58.1 cm³/mol. The van der Waals surface area contributed by atoms with Gasteiger partial charge in [-0.15, -0.1) is 0 Å². The molecule has 1 amide bonds. The fraction of sp³-hybridized carbons (Fsp3) is 0.909. The first-order valence-corrected chi connectivity index (χ1v) is 5.54. The minimum absolute atomic E-state index is 0.299. The van der Waals surface area contributed by atoms with Gasteiger partial charge < -0.3 is 10.2 Å². The van der Waals surface area contributed by atoms with Gasteiger partial charge in [-0.1, -0.05) is 13.8 Å². The topological polar surface area (TPSA) is 32.3 Å². The van der Waals surface area contributed by atoms with Crippen molar-refractivity contribution in [1.82, 2.24) is 10.2 Å². The largest absolute Gasteiger partial charge is 0.346 e. The summed E-state index contributed by atoms with van der Waals surface area (Å²) in [6.07, 6.45) is 1.87. The minimum Gasteiger partial charge on any atom is -0.346 e. The second-order valence-corrected chi connectivity index (χ2v) is 4.73. The molecule has 1 N–H and O–H groups in total. The van der Waals surface area contributed by atoms with E-state index in [-0.39, 0.29) is 0 Å². The van der Waals surface area contributed by atoms with E-state index in [2.05, 4.69) is 19.2 Å². The Bertz CT molecular complexity index is 192. The lowest BCUT2D eigenvalue weighted by Gasteiger charge is -2.29. The number of likely N-dealkylation sites (tertiary alicyclic amines) is 1. The van der Waals surface area contributed by atoms with Gasteiger partial charge in [-0.05, 0) is 31.3 Å². The quantitative estimate of drug-likeness (QED) is 0.733. The molecule has 1 aliphatic rings. The van der Waals surface area contributed by atoms with Gasteiger partial charge in [0, 0.05) is 20.0 Å². The lowest BCUT2D eigenvalue weighted by molar-refractivity contribution is -0.133. The van der Waals surface area contributed by atoms with Crippen molar-refractivity contribution in [1.29, 1.82) is 0 Å². The fourth-order valence-electron chi connectivity index (χ4n) is 1.76. The fourth-order valence-corrected chi connectivity index (χ4v) is 1.76. The number of rotatable bonds is 4. The Kier molecular flexibility index (Phi) is 4.39. The third kappa shape index (κ3) is 3.66. The normalized spacial score (nSPS) is 23.3. The van der Waals surface area contributed by atoms with Crippen molar-refractivity contribution in [2.75, 3.05) is 26.7 Å². The molecule has 0 unspecified atom stereocenters. The van der Waals surface area contributed by atoms with E-state index in [0.29, 0.717) is 17.7 Å². The maximum absolute atomic E-state index is 11.4. The number of carbonyl (C=O) groups excluding carboxylic acids is 1. The van der Waals surface area contributed by atoms with E-state index in [1.54, 1.807) is 0 Å². The molecule has 1 saturated heterocycles. The number of nitrogens with one attached hydrogen (secondary N) is 1. The van der Waals surface area contributed by atoms with E-state index < -0.39 is 0 Å². The summed E-state index contributed by atoms with van der Waals surface area (Å²) >= 11 is 0. The Morgan fingerprint density at radius 1 is 1.57 bits per heavy atom. The number of hydrogen-bond donors (Lipinski definition) is 1. The molecule has 82 valence electrons. The molecule has 0 aromatic carbocycles. The summed E-state index contributed by atoms with van der Waals surface area (Å²) < 4.78 is 0. The molecule has 3 heteroatoms. The van der Waals surface area contributed by atoms with Crippen LogP contribution in [0.15, 0.2) is 0 Å². The molecule has 0 aromatic rings. The van der Waals surface area contributed by atoms with Crippen LogP contribution in [0.2, 0.25) is 0 Å². The van der Waals surface area contributed by atoms with Crippen LogP contribution in [0.5, 0.6) is 0 Å². The molecule has 14 heavy (non-hydrogen) atoms. The van der Waals surface area contributed by atoms with Gasteiger partial charge >= 0.3 is 0 Å². The molecule has 1 rings (SSSR count). The van der Waals surface area contributed by atoms with Gasteiger partial charge in [0.05, 0.1) is 0 Å². The number of amides is 1. The van der Waals surface area contributed by atoms with Crippen LogP contribution >= 0.6 is 0 Å². The first kappa shape index (κ1) is 11.5. The average Bonchev–Trinajstić information content (AvgIpc) is 2.10. The highest BCUT2D eigenvalue weighted by molar-refractivity contribution is 5.76. The van der Waals surface area contributed by atoms with Crippen LogP contribution in [0.4, 0.5) is 0 Å². The molecule has 0 radical (unpaired) electrons. The highest BCUT2D eigenvalue weighted by Crippen LogP contribution is 2.15. The third-order valence-electron chi connectivity index (χ3n) is 2.75. The van der Waals surface area contributed by atoms with E-state index in [9.17, 15) is 4.79 Å². The zero-order valence-corrected chi connectivity index (χ0v) is 9.55. The Labute approximate surface area is 86.9 Å².